The molecule has 27 heteroatoms. The Morgan fingerprint density at radius 2 is 1.06 bits per heavy atom. The van der Waals surface area contributed by atoms with E-state index in [1.54, 1.807) is 52.0 Å². The summed E-state index contributed by atoms with van der Waals surface area (Å²) in [5.41, 5.74) is 1.99. The van der Waals surface area contributed by atoms with E-state index in [0.717, 1.165) is 102 Å². The molecule has 0 unspecified atom stereocenters. The summed E-state index contributed by atoms with van der Waals surface area (Å²) in [6.07, 6.45) is 21.6. The molecule has 6 aliphatic rings. The summed E-state index contributed by atoms with van der Waals surface area (Å²) >= 11 is 15.0. The molecule has 0 spiro atoms. The van der Waals surface area contributed by atoms with Gasteiger partial charge in [-0.25, -0.2) is 40.7 Å². The first-order valence-electron chi connectivity index (χ1n) is 36.5. The SMILES string of the molecule is CC1(S(N)(=O)=O)CC1.CCCCCC/C=C\[C@@H]1C[C@]1(CC(=O)[C@@H]1C[C@@H](Oc2nc3ccc(Cl)cc3s2)CN1C(=O)CCc1cc(C)cc(F)c1)C(=O)NS(=O)(=O)C1(C)CC1.CCCCCC/C=C\[C@@H]1C[C@]1(CC(=O)[C@@H]1C[C@@H](Oc2nc3ccc(Cl)cc3s2)CN1C(=O)CCc1cc(C)cc(F)c1)C(=O)O. The van der Waals surface area contributed by atoms with Crippen LogP contribution in [0.1, 0.15) is 191 Å². The molecule has 568 valence electrons. The van der Waals surface area contributed by atoms with Crippen molar-refractivity contribution in [2.45, 2.75) is 229 Å². The molecule has 8 atom stereocenters. The number of fused-ring (bicyclic) bond motifs is 2. The number of nitrogens with zero attached hydrogens (tertiary/aromatic N) is 4. The van der Waals surface area contributed by atoms with Crippen molar-refractivity contribution < 1.29 is 69.0 Å². The number of Topliss-reactive ketones (excluding diaryl/α,β-unsaturated/α-hetero) is 2. The summed E-state index contributed by atoms with van der Waals surface area (Å²) in [4.78, 5) is 94.0. The highest BCUT2D eigenvalue weighted by Crippen LogP contribution is 2.59. The van der Waals surface area contributed by atoms with Gasteiger partial charge in [-0.3, -0.25) is 33.5 Å². The smallest absolute Gasteiger partial charge is 0.310 e. The molecule has 6 fully saturated rings. The summed E-state index contributed by atoms with van der Waals surface area (Å²) < 4.78 is 90.3. The number of aromatic nitrogens is 2. The van der Waals surface area contributed by atoms with Gasteiger partial charge in [-0.1, -0.05) is 135 Å². The number of hydrogen-bond acceptors (Lipinski definition) is 16. The second-order valence-electron chi connectivity index (χ2n) is 30.0. The minimum atomic E-state index is -3.92. The van der Waals surface area contributed by atoms with Crippen LogP contribution in [-0.4, -0.2) is 124 Å². The standard InChI is InChI=1S/C39H47ClFN3O6S2.C35H40ClFN2O5S.C4H9NO2S/c1-4-5-6-7-8-9-10-27-22-39(27,36(47)43-52(48,49)38(3)15-16-38)23-33(45)32-21-30(50-37-42-31-13-12-28(40)20-34(31)51-37)24-44(32)35(46)14-11-26-17-25(2)18-29(41)19-26;1-3-4-5-6-7-8-9-24-19-35(24,33(42)43)20-30(40)29-18-27(44-34-38-28-12-11-25(36)17-31(28)45-34)21-39(29)32(41)13-10-23-14-22(2)15-26(37)16-23;1-4(2-3-4)8(5,6)7/h9-10,12-13,17-20,27,30,32H,4-8,11,14-16,21-24H2,1-3H3,(H,43,47);8-9,11-12,14-17,24,27,29H,3-7,10,13,18-21H2,1-2H3,(H,42,43);2-3H2,1H3,(H2,5,6,7)/b10-9-;9-8-;/t27-,30-,32+,39-;24-,27-,29+,35-;/m11./s1. The van der Waals surface area contributed by atoms with Gasteiger partial charge in [-0.05, 0) is 199 Å². The number of benzene rings is 4. The van der Waals surface area contributed by atoms with Crippen molar-refractivity contribution in [1.29, 1.82) is 0 Å². The Balaban J connectivity index is 0.000000205. The molecule has 4 saturated carbocycles. The number of primary sulfonamides is 1. The molecule has 6 aromatic rings. The van der Waals surface area contributed by atoms with Gasteiger partial charge < -0.3 is 24.4 Å². The van der Waals surface area contributed by atoms with E-state index in [1.165, 1.54) is 63.2 Å². The minimum absolute atomic E-state index is 0.0465. The first kappa shape index (κ1) is 80.8. The third-order valence-corrected chi connectivity index (χ3v) is 27.6. The van der Waals surface area contributed by atoms with Crippen LogP contribution in [0.25, 0.3) is 20.4 Å². The first-order valence-corrected chi connectivity index (χ1v) is 41.9. The molecule has 19 nitrogen and oxygen atoms in total. The number of likely N-dealkylation sites (tertiary alicyclic amines) is 2. The van der Waals surface area contributed by atoms with Gasteiger partial charge in [0.15, 0.2) is 11.6 Å². The predicted molar refractivity (Wildman–Crippen MR) is 406 cm³/mol. The average Bonchev–Trinajstić information content (AvgIpc) is 1.57. The van der Waals surface area contributed by atoms with Gasteiger partial charge in [0.1, 0.15) is 23.8 Å². The molecular weight excluding hydrogens is 1470 g/mol. The highest BCUT2D eigenvalue weighted by atomic mass is 35.5. The number of ketones is 2. The molecule has 0 bridgehead atoms. The Morgan fingerprint density at radius 3 is 1.46 bits per heavy atom. The Kier molecular flexibility index (Phi) is 26.3. The molecule has 2 saturated heterocycles. The lowest BCUT2D eigenvalue weighted by Crippen LogP contribution is -2.46. The monoisotopic (exact) mass is 1560 g/mol. The third kappa shape index (κ3) is 20.7. The Morgan fingerprint density at radius 1 is 0.629 bits per heavy atom. The molecule has 105 heavy (non-hydrogen) atoms. The zero-order valence-electron chi connectivity index (χ0n) is 60.4. The van der Waals surface area contributed by atoms with Crippen LogP contribution in [-0.2, 0) is 61.7 Å². The lowest BCUT2D eigenvalue weighted by molar-refractivity contribution is -0.147. The molecule has 4 aliphatic carbocycles. The quantitative estimate of drug-likeness (QED) is 0.0255. The summed E-state index contributed by atoms with van der Waals surface area (Å²) in [5.74, 6) is -3.99. The summed E-state index contributed by atoms with van der Waals surface area (Å²) in [5, 5.41) is 17.0. The van der Waals surface area contributed by atoms with Crippen molar-refractivity contribution in [1.82, 2.24) is 24.5 Å². The molecular formula is C78H96Cl2F2N6O13S4. The Labute approximate surface area is 632 Å². The number of carboxylic acid groups (broad SMARTS) is 1. The van der Waals surface area contributed by atoms with Crippen LogP contribution in [0, 0.1) is 48.1 Å². The number of sulfonamides is 2. The van der Waals surface area contributed by atoms with Crippen molar-refractivity contribution in [2.24, 2.45) is 27.8 Å². The Bertz CT molecular complexity index is 4460. The number of hydrogen-bond donors (Lipinski definition) is 3. The maximum atomic E-state index is 14.3. The lowest BCUT2D eigenvalue weighted by Gasteiger charge is -2.25. The van der Waals surface area contributed by atoms with Crippen LogP contribution in [0.15, 0.2) is 97.1 Å². The number of nitrogens with two attached hydrogens (primary N) is 1. The van der Waals surface area contributed by atoms with Crippen molar-refractivity contribution in [3.63, 3.8) is 0 Å². The molecule has 0 radical (unpaired) electrons. The van der Waals surface area contributed by atoms with Gasteiger partial charge in [0.2, 0.25) is 37.8 Å². The molecule has 2 aromatic heterocycles. The third-order valence-electron chi connectivity index (χ3n) is 21.3. The van der Waals surface area contributed by atoms with Crippen LogP contribution in [0.4, 0.5) is 8.78 Å². The number of allylic oxidation sites excluding steroid dienone is 4. The number of thiazole rings is 2. The second kappa shape index (κ2) is 34.2. The number of aryl methyl sites for hydroxylation is 4. The van der Waals surface area contributed by atoms with E-state index in [1.807, 2.05) is 48.6 Å². The number of halogens is 4. The molecule has 2 aliphatic heterocycles. The van der Waals surface area contributed by atoms with E-state index in [0.29, 0.717) is 63.7 Å². The number of rotatable bonds is 33. The summed E-state index contributed by atoms with van der Waals surface area (Å²) in [7, 11) is -7.15. The molecule has 4 heterocycles. The average molecular weight is 1560 g/mol. The minimum Gasteiger partial charge on any atom is -0.481 e. The fourth-order valence-corrected chi connectivity index (χ4v) is 18.3. The van der Waals surface area contributed by atoms with Crippen LogP contribution in [0.3, 0.4) is 0 Å². The van der Waals surface area contributed by atoms with Crippen LogP contribution in [0.5, 0.6) is 10.4 Å². The van der Waals surface area contributed by atoms with Crippen molar-refractivity contribution in [3.05, 3.63) is 141 Å². The topological polar surface area (TPSA) is 280 Å². The lowest BCUT2D eigenvalue weighted by atomic mass is 9.91. The highest BCUT2D eigenvalue weighted by Gasteiger charge is 2.63. The number of amides is 3. The van der Waals surface area contributed by atoms with Gasteiger partial charge in [0.05, 0.1) is 65.9 Å². The van der Waals surface area contributed by atoms with E-state index in [9.17, 15) is 59.5 Å². The zero-order chi connectivity index (χ0) is 75.8. The first-order chi connectivity index (χ1) is 49.7. The van der Waals surface area contributed by atoms with Crippen molar-refractivity contribution in [2.75, 3.05) is 13.1 Å². The van der Waals surface area contributed by atoms with E-state index in [4.69, 9.17) is 37.8 Å². The number of carbonyl (C=O) groups excluding carboxylic acids is 5. The second-order valence-corrected chi connectivity index (χ2v) is 37.1. The number of nitrogens with one attached hydrogen (secondary N) is 1. The predicted octanol–water partition coefficient (Wildman–Crippen LogP) is 15.7. The van der Waals surface area contributed by atoms with Crippen LogP contribution >= 0.6 is 45.9 Å². The number of carbonyl (C=O) groups is 6. The highest BCUT2D eigenvalue weighted by molar-refractivity contribution is 7.91. The zero-order valence-corrected chi connectivity index (χ0v) is 65.2. The van der Waals surface area contributed by atoms with E-state index in [2.05, 4.69) is 28.5 Å². The number of carboxylic acids is 1. The van der Waals surface area contributed by atoms with Gasteiger partial charge in [-0.2, -0.15) is 0 Å². The van der Waals surface area contributed by atoms with Gasteiger partial charge in [-0.15, -0.1) is 0 Å². The maximum absolute atomic E-state index is 14.3. The summed E-state index contributed by atoms with van der Waals surface area (Å²) in [6.45, 7) is 11.5. The normalized spacial score (nSPS) is 23.4. The summed E-state index contributed by atoms with van der Waals surface area (Å²) in [6, 6.07) is 18.4. The van der Waals surface area contributed by atoms with Crippen molar-refractivity contribution >= 4 is 122 Å². The van der Waals surface area contributed by atoms with Gasteiger partial charge >= 0.3 is 5.97 Å². The molecule has 4 N–H and O–H groups in total. The number of unbranched alkanes of at least 4 members (excludes halogenated alkanes) is 8. The fourth-order valence-electron chi connectivity index (χ4n) is 14.0. The Hall–Kier alpha value is -6.74. The fraction of sp³-hybridized carbons (Fsp3) is 0.538. The number of aliphatic carboxylic acids is 1. The molecule has 4 aromatic carbocycles. The van der Waals surface area contributed by atoms with Gasteiger partial charge in [0.25, 0.3) is 10.4 Å². The maximum Gasteiger partial charge on any atom is 0.310 e. The van der Waals surface area contributed by atoms with Crippen LogP contribution in [0.2, 0.25) is 10.0 Å². The van der Waals surface area contributed by atoms with Gasteiger partial charge in [0, 0.05) is 48.6 Å². The number of ether oxygens (including phenoxy) is 2. The van der Waals surface area contributed by atoms with E-state index in [-0.39, 0.29) is 105 Å². The van der Waals surface area contributed by atoms with E-state index < -0.39 is 76.5 Å². The molecule has 3 amide bonds. The van der Waals surface area contributed by atoms with Crippen molar-refractivity contribution in [3.8, 4) is 10.4 Å². The molecule has 12 rings (SSSR count). The van der Waals surface area contributed by atoms with E-state index >= 15 is 0 Å². The van der Waals surface area contributed by atoms with Crippen LogP contribution < -0.4 is 19.3 Å². The largest absolute Gasteiger partial charge is 0.481 e.